The van der Waals surface area contributed by atoms with E-state index in [4.69, 9.17) is 56.8 Å². The predicted molar refractivity (Wildman–Crippen MR) is 157 cm³/mol. The highest BCUT2D eigenvalue weighted by Crippen LogP contribution is 2.37. The zero-order valence-electron chi connectivity index (χ0n) is 26.0. The molecule has 0 aliphatic carbocycles. The zero-order chi connectivity index (χ0) is 30.2. The van der Waals surface area contributed by atoms with Crippen LogP contribution in [0.1, 0.15) is 20.8 Å². The molecule has 246 valence electrons. The summed E-state index contributed by atoms with van der Waals surface area (Å²) in [6.45, 7) is 16.5. The van der Waals surface area contributed by atoms with Crippen molar-refractivity contribution in [3.63, 3.8) is 0 Å². The third kappa shape index (κ3) is 22.8. The third-order valence-corrected chi connectivity index (χ3v) is 5.23. The van der Waals surface area contributed by atoms with E-state index >= 15 is 0 Å². The van der Waals surface area contributed by atoms with Gasteiger partial charge in [0.15, 0.2) is 11.5 Å². The van der Waals surface area contributed by atoms with Crippen LogP contribution >= 0.6 is 0 Å². The Balaban J connectivity index is 2.41. The van der Waals surface area contributed by atoms with Gasteiger partial charge in [0.05, 0.1) is 99.1 Å². The van der Waals surface area contributed by atoms with Gasteiger partial charge in [-0.1, -0.05) is 6.07 Å². The molecular formula is C30H54O12. The predicted octanol–water partition coefficient (Wildman–Crippen LogP) is 3.03. The SMILES string of the molecule is CCOCCOCCOCCOc1cccc(OCCOCCOCCOCC)c1OCCOCCOCCOCC. The van der Waals surface area contributed by atoms with Gasteiger partial charge in [0.25, 0.3) is 0 Å². The topological polar surface area (TPSA) is 111 Å². The molecule has 0 N–H and O–H groups in total. The van der Waals surface area contributed by atoms with E-state index in [-0.39, 0.29) is 0 Å². The lowest BCUT2D eigenvalue weighted by atomic mass is 10.3. The lowest BCUT2D eigenvalue weighted by Crippen LogP contribution is -2.15. The Hall–Kier alpha value is -1.74. The minimum Gasteiger partial charge on any atom is -0.487 e. The van der Waals surface area contributed by atoms with E-state index < -0.39 is 0 Å². The van der Waals surface area contributed by atoms with Crippen molar-refractivity contribution in [1.82, 2.24) is 0 Å². The highest BCUT2D eigenvalue weighted by molar-refractivity contribution is 5.51. The van der Waals surface area contributed by atoms with Crippen molar-refractivity contribution >= 4 is 0 Å². The summed E-state index contributed by atoms with van der Waals surface area (Å²) in [5.41, 5.74) is 0. The van der Waals surface area contributed by atoms with Crippen LogP contribution in [-0.4, -0.2) is 139 Å². The van der Waals surface area contributed by atoms with E-state index in [0.717, 1.165) is 0 Å². The lowest BCUT2D eigenvalue weighted by Gasteiger charge is -2.17. The first-order valence-electron chi connectivity index (χ1n) is 15.0. The van der Waals surface area contributed by atoms with Crippen molar-refractivity contribution in [2.24, 2.45) is 0 Å². The maximum absolute atomic E-state index is 6.03. The van der Waals surface area contributed by atoms with Gasteiger partial charge in [-0.2, -0.15) is 0 Å². The van der Waals surface area contributed by atoms with Crippen LogP contribution in [0.4, 0.5) is 0 Å². The quantitative estimate of drug-likeness (QED) is 0.110. The maximum atomic E-state index is 6.03. The highest BCUT2D eigenvalue weighted by Gasteiger charge is 2.13. The van der Waals surface area contributed by atoms with Gasteiger partial charge >= 0.3 is 0 Å². The molecule has 0 unspecified atom stereocenters. The molecule has 12 nitrogen and oxygen atoms in total. The standard InChI is InChI=1S/C30H54O12/c1-4-31-10-13-34-16-19-37-22-25-40-28-8-7-9-29(41-26-23-38-20-17-35-14-11-32-5-2)30(28)42-27-24-39-21-18-36-15-12-33-6-3/h7-9H,4-6,10-27H2,1-3H3. The Labute approximate surface area is 252 Å². The molecule has 0 amide bonds. The molecule has 42 heavy (non-hydrogen) atoms. The molecule has 0 fully saturated rings. The van der Waals surface area contributed by atoms with Crippen molar-refractivity contribution in [3.05, 3.63) is 18.2 Å². The first-order valence-corrected chi connectivity index (χ1v) is 15.0. The Morgan fingerprint density at radius 2 is 0.595 bits per heavy atom. The van der Waals surface area contributed by atoms with Crippen LogP contribution in [0.15, 0.2) is 18.2 Å². The van der Waals surface area contributed by atoms with Gasteiger partial charge < -0.3 is 56.8 Å². The summed E-state index contributed by atoms with van der Waals surface area (Å²) in [6, 6.07) is 5.53. The normalized spacial score (nSPS) is 11.2. The zero-order valence-corrected chi connectivity index (χ0v) is 26.0. The first kappa shape index (κ1) is 38.3. The summed E-state index contributed by atoms with van der Waals surface area (Å²) in [4.78, 5) is 0. The van der Waals surface area contributed by atoms with Crippen molar-refractivity contribution in [3.8, 4) is 17.2 Å². The summed E-state index contributed by atoms with van der Waals surface area (Å²) >= 11 is 0. The van der Waals surface area contributed by atoms with Crippen LogP contribution in [0.3, 0.4) is 0 Å². The fraction of sp³-hybridized carbons (Fsp3) is 0.800. The minimum absolute atomic E-state index is 0.320. The molecule has 0 atom stereocenters. The fourth-order valence-electron chi connectivity index (χ4n) is 3.24. The van der Waals surface area contributed by atoms with E-state index in [1.165, 1.54) is 0 Å². The second-order valence-corrected chi connectivity index (χ2v) is 8.39. The summed E-state index contributed by atoms with van der Waals surface area (Å²) in [5.74, 6) is 1.63. The van der Waals surface area contributed by atoms with Crippen LogP contribution in [0.5, 0.6) is 17.2 Å². The van der Waals surface area contributed by atoms with E-state index in [0.29, 0.717) is 156 Å². The number of para-hydroxylation sites is 1. The molecule has 1 aromatic carbocycles. The smallest absolute Gasteiger partial charge is 0.203 e. The average Bonchev–Trinajstić information content (AvgIpc) is 3.00. The van der Waals surface area contributed by atoms with E-state index in [2.05, 4.69) is 0 Å². The average molecular weight is 607 g/mol. The Bertz CT molecular complexity index is 652. The fourth-order valence-corrected chi connectivity index (χ4v) is 3.24. The molecule has 0 spiro atoms. The summed E-state index contributed by atoms with van der Waals surface area (Å²) in [5, 5.41) is 0. The van der Waals surface area contributed by atoms with Gasteiger partial charge in [0.1, 0.15) is 19.8 Å². The molecule has 12 heteroatoms. The van der Waals surface area contributed by atoms with Crippen LogP contribution in [0.25, 0.3) is 0 Å². The van der Waals surface area contributed by atoms with Crippen LogP contribution in [0, 0.1) is 0 Å². The van der Waals surface area contributed by atoms with Crippen molar-refractivity contribution in [1.29, 1.82) is 0 Å². The molecule has 1 aromatic rings. The summed E-state index contributed by atoms with van der Waals surface area (Å²) < 4.78 is 66.9. The highest BCUT2D eigenvalue weighted by atomic mass is 16.6. The Morgan fingerprint density at radius 1 is 0.333 bits per heavy atom. The number of hydrogen-bond acceptors (Lipinski definition) is 12. The first-order chi connectivity index (χ1) is 20.8. The van der Waals surface area contributed by atoms with E-state index in [1.54, 1.807) is 0 Å². The van der Waals surface area contributed by atoms with Gasteiger partial charge in [-0.05, 0) is 32.9 Å². The molecule has 0 aliphatic rings. The largest absolute Gasteiger partial charge is 0.487 e. The van der Waals surface area contributed by atoms with Gasteiger partial charge in [-0.25, -0.2) is 0 Å². The Kier molecular flexibility index (Phi) is 28.0. The van der Waals surface area contributed by atoms with Crippen molar-refractivity contribution < 1.29 is 56.8 Å². The summed E-state index contributed by atoms with van der Waals surface area (Å²) in [7, 11) is 0. The molecule has 0 bridgehead atoms. The molecule has 0 aliphatic heterocycles. The maximum Gasteiger partial charge on any atom is 0.203 e. The number of hydrogen-bond donors (Lipinski definition) is 0. The second kappa shape index (κ2) is 30.7. The van der Waals surface area contributed by atoms with E-state index in [1.807, 2.05) is 39.0 Å². The van der Waals surface area contributed by atoms with Gasteiger partial charge in [0.2, 0.25) is 5.75 Å². The number of benzene rings is 1. The lowest BCUT2D eigenvalue weighted by molar-refractivity contribution is 0.00865. The molecule has 0 heterocycles. The minimum atomic E-state index is 0.320. The molecule has 1 rings (SSSR count). The second-order valence-electron chi connectivity index (χ2n) is 8.39. The number of rotatable bonds is 33. The molecule has 0 radical (unpaired) electrons. The van der Waals surface area contributed by atoms with E-state index in [9.17, 15) is 0 Å². The van der Waals surface area contributed by atoms with Gasteiger partial charge in [-0.15, -0.1) is 0 Å². The van der Waals surface area contributed by atoms with Crippen LogP contribution < -0.4 is 14.2 Å². The molecular weight excluding hydrogens is 552 g/mol. The summed E-state index contributed by atoms with van der Waals surface area (Å²) in [6.07, 6.45) is 0. The third-order valence-electron chi connectivity index (χ3n) is 5.23. The van der Waals surface area contributed by atoms with Crippen molar-refractivity contribution in [2.75, 3.05) is 139 Å². The van der Waals surface area contributed by atoms with Crippen LogP contribution in [0.2, 0.25) is 0 Å². The monoisotopic (exact) mass is 606 g/mol. The Morgan fingerprint density at radius 3 is 0.905 bits per heavy atom. The van der Waals surface area contributed by atoms with Gasteiger partial charge in [-0.3, -0.25) is 0 Å². The molecule has 0 saturated heterocycles. The van der Waals surface area contributed by atoms with Crippen LogP contribution in [-0.2, 0) is 42.6 Å². The molecule has 0 saturated carbocycles. The van der Waals surface area contributed by atoms with Crippen molar-refractivity contribution in [2.45, 2.75) is 20.8 Å². The van der Waals surface area contributed by atoms with Gasteiger partial charge in [0, 0.05) is 19.8 Å². The number of ether oxygens (including phenoxy) is 12. The molecule has 0 aromatic heterocycles.